The van der Waals surface area contributed by atoms with E-state index >= 15 is 0 Å². The summed E-state index contributed by atoms with van der Waals surface area (Å²) in [5.74, 6) is 1.17. The van der Waals surface area contributed by atoms with Gasteiger partial charge in [0.15, 0.2) is 0 Å². The topological polar surface area (TPSA) is 38.7 Å². The first-order chi connectivity index (χ1) is 8.77. The minimum atomic E-state index is -0.472. The summed E-state index contributed by atoms with van der Waals surface area (Å²) in [7, 11) is 0. The van der Waals surface area contributed by atoms with Gasteiger partial charge in [-0.15, -0.1) is 0 Å². The zero-order chi connectivity index (χ0) is 13.2. The Morgan fingerprint density at radius 3 is 2.83 bits per heavy atom. The van der Waals surface area contributed by atoms with Crippen molar-refractivity contribution in [1.82, 2.24) is 0 Å². The van der Waals surface area contributed by atoms with Gasteiger partial charge in [-0.25, -0.2) is 0 Å². The number of rotatable bonds is 7. The number of nitrogens with zero attached hydrogens (tertiary/aromatic N) is 1. The van der Waals surface area contributed by atoms with Crippen molar-refractivity contribution in [3.05, 3.63) is 35.9 Å². The van der Waals surface area contributed by atoms with E-state index in [1.54, 1.807) is 18.7 Å². The number of thioether (sulfide) groups is 1. The zero-order valence-corrected chi connectivity index (χ0v) is 12.7. The second-order valence-electron chi connectivity index (χ2n) is 3.49. The van der Waals surface area contributed by atoms with Crippen LogP contribution in [-0.4, -0.2) is 44.7 Å². The molecule has 0 amide bonds. The quantitative estimate of drug-likeness (QED) is 0.436. The van der Waals surface area contributed by atoms with Crippen molar-refractivity contribution in [2.45, 2.75) is 18.7 Å². The third-order valence-electron chi connectivity index (χ3n) is 2.15. The third kappa shape index (κ3) is 5.65. The number of hydrogen-bond acceptors (Lipinski definition) is 4. The summed E-state index contributed by atoms with van der Waals surface area (Å²) in [4.78, 5) is 15.6. The van der Waals surface area contributed by atoms with E-state index in [2.05, 4.69) is 37.4 Å². The molecule has 0 saturated heterocycles. The predicted octanol–water partition coefficient (Wildman–Crippen LogP) is 1.93. The molecule has 1 aromatic carbocycles. The van der Waals surface area contributed by atoms with Gasteiger partial charge in [0.1, 0.15) is 0 Å². The van der Waals surface area contributed by atoms with E-state index in [0.717, 1.165) is 5.75 Å². The number of carbonyl (C=O) groups is 1. The van der Waals surface area contributed by atoms with Crippen LogP contribution in [0.4, 0.5) is 0 Å². The van der Waals surface area contributed by atoms with Gasteiger partial charge in [0, 0.05) is 0 Å². The summed E-state index contributed by atoms with van der Waals surface area (Å²) in [6, 6.07) is 9.66. The molecule has 0 aliphatic carbocycles. The number of hydrogen-bond donors (Lipinski definition) is 0. The molecule has 96 valence electrons. The first kappa shape index (κ1) is 15.2. The molecule has 0 aliphatic heterocycles. The molecule has 0 radical (unpaired) electrons. The van der Waals surface area contributed by atoms with Gasteiger partial charge in [-0.05, 0) is 0 Å². The summed E-state index contributed by atoms with van der Waals surface area (Å²) in [5.41, 5.74) is 1.24. The molecule has 1 atom stereocenters. The van der Waals surface area contributed by atoms with Crippen LogP contribution in [0.1, 0.15) is 12.5 Å². The van der Waals surface area contributed by atoms with E-state index < -0.39 is 6.04 Å². The van der Waals surface area contributed by atoms with E-state index in [1.807, 2.05) is 18.2 Å². The van der Waals surface area contributed by atoms with Gasteiger partial charge in [-0.1, -0.05) is 0 Å². The van der Waals surface area contributed by atoms with E-state index in [4.69, 9.17) is 4.74 Å². The standard InChI is InChI=1S/C13H15NO2SSe/c1-2-16-13(15)12(14-10-18)9-17-8-11-6-4-3-5-7-11/h3-7,12H,2,8-9H2,1H3/t12-/m0/s1. The van der Waals surface area contributed by atoms with E-state index in [0.29, 0.717) is 12.4 Å². The fourth-order valence-electron chi connectivity index (χ4n) is 1.32. The van der Waals surface area contributed by atoms with Gasteiger partial charge in [0.05, 0.1) is 0 Å². The Bertz CT molecular complexity index is 418. The van der Waals surface area contributed by atoms with Crippen molar-refractivity contribution in [3.63, 3.8) is 0 Å². The molecule has 0 spiro atoms. The molecule has 0 heterocycles. The molecule has 0 aliphatic rings. The molecular weight excluding hydrogens is 313 g/mol. The second kappa shape index (κ2) is 9.12. The first-order valence-electron chi connectivity index (χ1n) is 5.63. The van der Waals surface area contributed by atoms with Crippen LogP contribution in [0.5, 0.6) is 0 Å². The van der Waals surface area contributed by atoms with Crippen molar-refractivity contribution < 1.29 is 9.53 Å². The Morgan fingerprint density at radius 2 is 2.22 bits per heavy atom. The Hall–Kier alpha value is -0.861. The van der Waals surface area contributed by atoms with Crippen molar-refractivity contribution in [2.75, 3.05) is 12.4 Å². The van der Waals surface area contributed by atoms with Gasteiger partial charge in [-0.3, -0.25) is 0 Å². The Morgan fingerprint density at radius 1 is 1.50 bits per heavy atom. The van der Waals surface area contributed by atoms with Crippen LogP contribution >= 0.6 is 11.8 Å². The maximum absolute atomic E-state index is 11.6. The molecule has 0 unspecified atom stereocenters. The molecular formula is C13H15NO2SSe. The van der Waals surface area contributed by atoms with E-state index in [-0.39, 0.29) is 5.97 Å². The van der Waals surface area contributed by atoms with E-state index in [1.165, 1.54) is 5.56 Å². The molecule has 0 saturated carbocycles. The van der Waals surface area contributed by atoms with Crippen LogP contribution in [0.2, 0.25) is 0 Å². The number of benzene rings is 1. The molecule has 1 aromatic rings. The number of ether oxygens (including phenoxy) is 1. The fourth-order valence-corrected chi connectivity index (χ4v) is 2.57. The van der Waals surface area contributed by atoms with Crippen LogP contribution in [0, 0.1) is 0 Å². The van der Waals surface area contributed by atoms with Crippen LogP contribution in [0.25, 0.3) is 0 Å². The Balaban J connectivity index is 2.43. The Labute approximate surface area is 119 Å². The van der Waals surface area contributed by atoms with Crippen LogP contribution in [0.15, 0.2) is 35.3 Å². The fraction of sp³-hybridized carbons (Fsp3) is 0.385. The predicted molar refractivity (Wildman–Crippen MR) is 76.2 cm³/mol. The zero-order valence-electron chi connectivity index (χ0n) is 10.2. The molecule has 5 heteroatoms. The van der Waals surface area contributed by atoms with E-state index in [9.17, 15) is 4.79 Å². The van der Waals surface area contributed by atoms with Crippen molar-refractivity contribution >= 4 is 38.0 Å². The average Bonchev–Trinajstić information content (AvgIpc) is 2.39. The normalized spacial score (nSPS) is 11.4. The maximum atomic E-state index is 11.6. The summed E-state index contributed by atoms with van der Waals surface area (Å²) in [6.07, 6.45) is 0. The summed E-state index contributed by atoms with van der Waals surface area (Å²) >= 11 is 4.20. The number of aliphatic imine (C=N–C) groups is 1. The van der Waals surface area contributed by atoms with Crippen LogP contribution < -0.4 is 0 Å². The second-order valence-corrected chi connectivity index (χ2v) is 4.90. The van der Waals surface area contributed by atoms with Gasteiger partial charge in [-0.2, -0.15) is 0 Å². The van der Waals surface area contributed by atoms with Crippen LogP contribution in [-0.2, 0) is 15.3 Å². The Kier molecular flexibility index (Phi) is 7.70. The minimum absolute atomic E-state index is 0.291. The van der Waals surface area contributed by atoms with Crippen molar-refractivity contribution in [3.8, 4) is 0 Å². The van der Waals surface area contributed by atoms with Gasteiger partial charge >= 0.3 is 120 Å². The number of carbonyl (C=O) groups excluding carboxylic acids is 1. The SMILES string of the molecule is CCOC(=O)[C@H](CSCc1ccccc1)N=C=[Se]. The number of esters is 1. The summed E-state index contributed by atoms with van der Waals surface area (Å²) < 4.78 is 7.50. The monoisotopic (exact) mass is 329 g/mol. The first-order valence-corrected chi connectivity index (χ1v) is 7.64. The molecule has 1 rings (SSSR count). The summed E-state index contributed by atoms with van der Waals surface area (Å²) in [6.45, 7) is 2.17. The van der Waals surface area contributed by atoms with Crippen LogP contribution in [0.3, 0.4) is 0 Å². The molecule has 3 nitrogen and oxygen atoms in total. The third-order valence-corrected chi connectivity index (χ3v) is 3.46. The van der Waals surface area contributed by atoms with Crippen molar-refractivity contribution in [2.24, 2.45) is 4.99 Å². The van der Waals surface area contributed by atoms with Gasteiger partial charge in [0.25, 0.3) is 0 Å². The van der Waals surface area contributed by atoms with Gasteiger partial charge in [0.2, 0.25) is 0 Å². The summed E-state index contributed by atoms with van der Waals surface area (Å²) in [5, 5.41) is 0. The van der Waals surface area contributed by atoms with Gasteiger partial charge < -0.3 is 0 Å². The van der Waals surface area contributed by atoms with Crippen molar-refractivity contribution in [1.29, 1.82) is 0 Å². The molecule has 0 aromatic heterocycles. The molecule has 18 heavy (non-hydrogen) atoms. The molecule has 0 fully saturated rings. The molecule has 0 bridgehead atoms. The average molecular weight is 328 g/mol. The molecule has 0 N–H and O–H groups in total.